The lowest BCUT2D eigenvalue weighted by Crippen LogP contribution is -2.26. The van der Waals surface area contributed by atoms with E-state index >= 15 is 0 Å². The fraction of sp³-hybridized carbons (Fsp3) is 0.278. The third-order valence-corrected chi connectivity index (χ3v) is 4.93. The van der Waals surface area contributed by atoms with Crippen LogP contribution in [0.4, 0.5) is 5.69 Å². The first kappa shape index (κ1) is 17.4. The van der Waals surface area contributed by atoms with Gasteiger partial charge in [-0.05, 0) is 48.6 Å². The lowest BCUT2D eigenvalue weighted by Gasteiger charge is -2.20. The molecule has 3 rings (SSSR count). The molecule has 0 bridgehead atoms. The number of aromatic nitrogens is 4. The number of hydrogen-bond donors (Lipinski definition) is 3. The van der Waals surface area contributed by atoms with E-state index in [2.05, 4.69) is 63.2 Å². The predicted molar refractivity (Wildman–Crippen MR) is 102 cm³/mol. The van der Waals surface area contributed by atoms with Crippen molar-refractivity contribution in [3.63, 3.8) is 0 Å². The minimum absolute atomic E-state index is 0.132. The number of pyridine rings is 1. The van der Waals surface area contributed by atoms with E-state index in [1.54, 1.807) is 24.2 Å². The van der Waals surface area contributed by atoms with Gasteiger partial charge in [0.05, 0.1) is 23.6 Å². The number of benzene rings is 1. The highest BCUT2D eigenvalue weighted by atomic mass is 32.2. The second-order valence-corrected chi connectivity index (χ2v) is 6.83. The van der Waals surface area contributed by atoms with Gasteiger partial charge < -0.3 is 11.1 Å². The van der Waals surface area contributed by atoms with Crippen molar-refractivity contribution in [3.8, 4) is 11.3 Å². The monoisotopic (exact) mass is 354 g/mol. The van der Waals surface area contributed by atoms with Crippen molar-refractivity contribution in [2.75, 3.05) is 18.1 Å². The van der Waals surface area contributed by atoms with Crippen molar-refractivity contribution in [2.24, 2.45) is 11.7 Å². The second kappa shape index (κ2) is 8.13. The van der Waals surface area contributed by atoms with Gasteiger partial charge in [0.2, 0.25) is 0 Å². The molecule has 25 heavy (non-hydrogen) atoms. The summed E-state index contributed by atoms with van der Waals surface area (Å²) in [6.45, 7) is 2.91. The van der Waals surface area contributed by atoms with Crippen LogP contribution in [0.15, 0.2) is 53.7 Å². The first-order valence-corrected chi connectivity index (χ1v) is 9.35. The van der Waals surface area contributed by atoms with Crippen LogP contribution in [0.1, 0.15) is 18.7 Å². The topological polar surface area (TPSA) is 92.5 Å². The fourth-order valence-corrected chi connectivity index (χ4v) is 2.91. The van der Waals surface area contributed by atoms with E-state index in [1.165, 1.54) is 4.90 Å². The van der Waals surface area contributed by atoms with Crippen molar-refractivity contribution < 1.29 is 0 Å². The van der Waals surface area contributed by atoms with Crippen molar-refractivity contribution in [1.82, 2.24) is 20.4 Å². The number of nitrogens with two attached hydrogens (primary N) is 1. The van der Waals surface area contributed by atoms with E-state index in [-0.39, 0.29) is 12.0 Å². The molecule has 2 aromatic heterocycles. The van der Waals surface area contributed by atoms with E-state index in [1.807, 2.05) is 12.1 Å². The normalized spacial score (nSPS) is 13.4. The Morgan fingerprint density at radius 1 is 1.16 bits per heavy atom. The Labute approximate surface area is 151 Å². The Morgan fingerprint density at radius 3 is 2.56 bits per heavy atom. The maximum Gasteiger partial charge on any atom is 0.0868 e. The fourth-order valence-electron chi connectivity index (χ4n) is 2.51. The highest BCUT2D eigenvalue weighted by Gasteiger charge is 2.16. The summed E-state index contributed by atoms with van der Waals surface area (Å²) >= 11 is 1.74. The molecule has 0 saturated carbocycles. The standard InChI is InChI=1S/C18H22N6S/c1-12(9-20-14-4-6-15(25-2)7-5-14)18(19)16-8-3-13(10-21-16)17-11-22-24-23-17/h3-8,10-12,18,20H,9,19H2,1-2H3,(H,22,23,24). The molecule has 2 atom stereocenters. The molecule has 130 valence electrons. The predicted octanol–water partition coefficient (Wildman–Crippen LogP) is 3.34. The Morgan fingerprint density at radius 2 is 1.96 bits per heavy atom. The van der Waals surface area contributed by atoms with E-state index < -0.39 is 0 Å². The summed E-state index contributed by atoms with van der Waals surface area (Å²) in [5, 5.41) is 13.8. The maximum absolute atomic E-state index is 6.38. The zero-order valence-corrected chi connectivity index (χ0v) is 15.1. The van der Waals surface area contributed by atoms with Crippen molar-refractivity contribution in [3.05, 3.63) is 54.5 Å². The number of H-pyrrole nitrogens is 1. The molecule has 0 fully saturated rings. The molecule has 6 nitrogen and oxygen atoms in total. The molecule has 0 amide bonds. The number of rotatable bonds is 7. The molecule has 0 spiro atoms. The number of nitrogens with one attached hydrogen (secondary N) is 2. The van der Waals surface area contributed by atoms with E-state index in [4.69, 9.17) is 5.73 Å². The van der Waals surface area contributed by atoms with Crippen LogP contribution in [-0.4, -0.2) is 33.2 Å². The molecule has 0 saturated heterocycles. The van der Waals surface area contributed by atoms with Crippen molar-refractivity contribution >= 4 is 17.4 Å². The average Bonchev–Trinajstić information content (AvgIpc) is 3.21. The lowest BCUT2D eigenvalue weighted by molar-refractivity contribution is 0.483. The zero-order chi connectivity index (χ0) is 17.6. The third kappa shape index (κ3) is 4.37. The van der Waals surface area contributed by atoms with Gasteiger partial charge in [0, 0.05) is 28.9 Å². The van der Waals surface area contributed by atoms with Crippen molar-refractivity contribution in [1.29, 1.82) is 0 Å². The van der Waals surface area contributed by atoms with Crippen LogP contribution < -0.4 is 11.1 Å². The number of hydrogen-bond acceptors (Lipinski definition) is 6. The quantitative estimate of drug-likeness (QED) is 0.564. The van der Waals surface area contributed by atoms with Crippen LogP contribution in [0.3, 0.4) is 0 Å². The number of thioether (sulfide) groups is 1. The van der Waals surface area contributed by atoms with Gasteiger partial charge in [0.15, 0.2) is 0 Å². The highest BCUT2D eigenvalue weighted by Crippen LogP contribution is 2.22. The van der Waals surface area contributed by atoms with Gasteiger partial charge in [-0.15, -0.1) is 16.9 Å². The van der Waals surface area contributed by atoms with Crippen molar-refractivity contribution in [2.45, 2.75) is 17.9 Å². The molecular weight excluding hydrogens is 332 g/mol. The summed E-state index contributed by atoms with van der Waals surface area (Å²) in [4.78, 5) is 5.76. The third-order valence-electron chi connectivity index (χ3n) is 4.19. The maximum atomic E-state index is 6.38. The largest absolute Gasteiger partial charge is 0.385 e. The van der Waals surface area contributed by atoms with Gasteiger partial charge in [-0.3, -0.25) is 10.1 Å². The molecule has 0 aliphatic heterocycles. The average molecular weight is 354 g/mol. The SMILES string of the molecule is CSc1ccc(NCC(C)C(N)c2ccc(-c3cnn[nH]3)cn2)cc1. The van der Waals surface area contributed by atoms with Gasteiger partial charge in [-0.1, -0.05) is 12.1 Å². The number of aromatic amines is 1. The summed E-state index contributed by atoms with van der Waals surface area (Å²) in [5.74, 6) is 0.243. The molecule has 0 radical (unpaired) electrons. The highest BCUT2D eigenvalue weighted by molar-refractivity contribution is 7.98. The van der Waals surface area contributed by atoms with Gasteiger partial charge in [-0.2, -0.15) is 0 Å². The molecule has 4 N–H and O–H groups in total. The summed E-state index contributed by atoms with van der Waals surface area (Å²) in [5.41, 5.74) is 10.1. The van der Waals surface area contributed by atoms with Gasteiger partial charge in [0.25, 0.3) is 0 Å². The molecule has 2 unspecified atom stereocenters. The molecule has 3 aromatic rings. The van der Waals surface area contributed by atoms with E-state index in [0.717, 1.165) is 29.2 Å². The smallest absolute Gasteiger partial charge is 0.0868 e. The molecular formula is C18H22N6S. The molecule has 7 heteroatoms. The van der Waals surface area contributed by atoms with E-state index in [9.17, 15) is 0 Å². The minimum atomic E-state index is -0.132. The molecule has 1 aromatic carbocycles. The van der Waals surface area contributed by atoms with E-state index in [0.29, 0.717) is 0 Å². The van der Waals surface area contributed by atoms with Crippen LogP contribution >= 0.6 is 11.8 Å². The first-order chi connectivity index (χ1) is 12.2. The molecule has 0 aliphatic carbocycles. The van der Waals surface area contributed by atoms with Crippen LogP contribution in [0.2, 0.25) is 0 Å². The van der Waals surface area contributed by atoms with Crippen LogP contribution in [0.5, 0.6) is 0 Å². The minimum Gasteiger partial charge on any atom is -0.385 e. The lowest BCUT2D eigenvalue weighted by atomic mass is 9.98. The van der Waals surface area contributed by atoms with Crippen LogP contribution in [0, 0.1) is 5.92 Å². The van der Waals surface area contributed by atoms with Crippen LogP contribution in [-0.2, 0) is 0 Å². The summed E-state index contributed by atoms with van der Waals surface area (Å²) in [7, 11) is 0. The molecule has 2 heterocycles. The number of anilines is 1. The van der Waals surface area contributed by atoms with Gasteiger partial charge >= 0.3 is 0 Å². The zero-order valence-electron chi connectivity index (χ0n) is 14.3. The summed E-state index contributed by atoms with van der Waals surface area (Å²) in [6.07, 6.45) is 5.54. The van der Waals surface area contributed by atoms with Gasteiger partial charge in [-0.25, -0.2) is 0 Å². The Bertz CT molecular complexity index is 770. The summed E-state index contributed by atoms with van der Waals surface area (Å²) in [6, 6.07) is 12.2. The Kier molecular flexibility index (Phi) is 5.67. The second-order valence-electron chi connectivity index (χ2n) is 5.95. The van der Waals surface area contributed by atoms with Gasteiger partial charge in [0.1, 0.15) is 0 Å². The first-order valence-electron chi connectivity index (χ1n) is 8.13. The summed E-state index contributed by atoms with van der Waals surface area (Å²) < 4.78 is 0. The number of nitrogens with zero attached hydrogens (tertiary/aromatic N) is 3. The van der Waals surface area contributed by atoms with Crippen LogP contribution in [0.25, 0.3) is 11.3 Å². The Hall–Kier alpha value is -2.38. The molecule has 0 aliphatic rings. The Balaban J connectivity index is 1.58.